The molecular formula is C15H25NO3S. The lowest BCUT2D eigenvalue weighted by Gasteiger charge is -2.12. The van der Waals surface area contributed by atoms with Crippen LogP contribution in [0.5, 0.6) is 5.75 Å². The van der Waals surface area contributed by atoms with Gasteiger partial charge in [-0.05, 0) is 55.9 Å². The van der Waals surface area contributed by atoms with Crippen molar-refractivity contribution in [1.29, 1.82) is 0 Å². The molecule has 1 rings (SSSR count). The summed E-state index contributed by atoms with van der Waals surface area (Å²) >= 11 is 0. The van der Waals surface area contributed by atoms with Crippen LogP contribution in [-0.2, 0) is 10.0 Å². The summed E-state index contributed by atoms with van der Waals surface area (Å²) in [5.74, 6) is 1.33. The smallest absolute Gasteiger partial charge is 0.240 e. The Labute approximate surface area is 122 Å². The van der Waals surface area contributed by atoms with Gasteiger partial charge in [-0.25, -0.2) is 13.1 Å². The lowest BCUT2D eigenvalue weighted by molar-refractivity contribution is 0.408. The zero-order valence-electron chi connectivity index (χ0n) is 13.0. The largest absolute Gasteiger partial charge is 0.496 e. The van der Waals surface area contributed by atoms with Crippen LogP contribution in [0.4, 0.5) is 0 Å². The first-order valence-electron chi connectivity index (χ1n) is 6.93. The third-order valence-corrected chi connectivity index (χ3v) is 4.64. The Morgan fingerprint density at radius 1 is 1.20 bits per heavy atom. The highest BCUT2D eigenvalue weighted by molar-refractivity contribution is 7.89. The number of rotatable bonds is 7. The van der Waals surface area contributed by atoms with E-state index in [0.717, 1.165) is 29.7 Å². The fraction of sp³-hybridized carbons (Fsp3) is 0.600. The van der Waals surface area contributed by atoms with Crippen LogP contribution >= 0.6 is 0 Å². The zero-order chi connectivity index (χ0) is 15.3. The van der Waals surface area contributed by atoms with E-state index in [2.05, 4.69) is 18.6 Å². The SMILES string of the molecule is COc1c(C)cc(S(=O)(=O)NCCCC(C)C)cc1C. The van der Waals surface area contributed by atoms with Crippen molar-refractivity contribution in [3.63, 3.8) is 0 Å². The van der Waals surface area contributed by atoms with Gasteiger partial charge in [-0.15, -0.1) is 0 Å². The van der Waals surface area contributed by atoms with Crippen LogP contribution in [0, 0.1) is 19.8 Å². The second kappa shape index (κ2) is 7.09. The maximum Gasteiger partial charge on any atom is 0.240 e. The normalized spacial score (nSPS) is 11.9. The van der Waals surface area contributed by atoms with Gasteiger partial charge in [-0.1, -0.05) is 13.8 Å². The molecule has 1 aromatic rings. The fourth-order valence-electron chi connectivity index (χ4n) is 2.19. The van der Waals surface area contributed by atoms with E-state index in [1.165, 1.54) is 0 Å². The molecule has 0 heterocycles. The average molecular weight is 299 g/mol. The molecule has 0 aliphatic heterocycles. The molecule has 0 unspecified atom stereocenters. The summed E-state index contributed by atoms with van der Waals surface area (Å²) in [4.78, 5) is 0.304. The molecular weight excluding hydrogens is 274 g/mol. The van der Waals surface area contributed by atoms with Gasteiger partial charge in [0, 0.05) is 6.54 Å². The van der Waals surface area contributed by atoms with Crippen LogP contribution < -0.4 is 9.46 Å². The Kier molecular flexibility index (Phi) is 6.02. The first kappa shape index (κ1) is 17.0. The van der Waals surface area contributed by atoms with Gasteiger partial charge in [0.2, 0.25) is 10.0 Å². The van der Waals surface area contributed by atoms with Crippen LogP contribution in [0.2, 0.25) is 0 Å². The van der Waals surface area contributed by atoms with Crippen LogP contribution in [0.1, 0.15) is 37.8 Å². The average Bonchev–Trinajstić information content (AvgIpc) is 2.34. The molecule has 0 bridgehead atoms. The highest BCUT2D eigenvalue weighted by Crippen LogP contribution is 2.26. The lowest BCUT2D eigenvalue weighted by atomic mass is 10.1. The van der Waals surface area contributed by atoms with Crippen molar-refractivity contribution in [1.82, 2.24) is 4.72 Å². The van der Waals surface area contributed by atoms with Crippen LogP contribution in [0.3, 0.4) is 0 Å². The minimum atomic E-state index is -3.43. The van der Waals surface area contributed by atoms with Crippen molar-refractivity contribution < 1.29 is 13.2 Å². The van der Waals surface area contributed by atoms with Crippen molar-refractivity contribution >= 4 is 10.0 Å². The minimum Gasteiger partial charge on any atom is -0.496 e. The molecule has 0 radical (unpaired) electrons. The van der Waals surface area contributed by atoms with Gasteiger partial charge in [-0.2, -0.15) is 0 Å². The van der Waals surface area contributed by atoms with Gasteiger partial charge < -0.3 is 4.74 Å². The maximum atomic E-state index is 12.2. The summed E-state index contributed by atoms with van der Waals surface area (Å²) in [6.45, 7) is 8.44. The quantitative estimate of drug-likeness (QED) is 0.787. The van der Waals surface area contributed by atoms with Gasteiger partial charge in [0.15, 0.2) is 0 Å². The molecule has 0 aliphatic carbocycles. The minimum absolute atomic E-state index is 0.304. The van der Waals surface area contributed by atoms with Gasteiger partial charge in [0.05, 0.1) is 12.0 Å². The zero-order valence-corrected chi connectivity index (χ0v) is 13.8. The number of hydrogen-bond donors (Lipinski definition) is 1. The summed E-state index contributed by atoms with van der Waals surface area (Å²) in [5, 5.41) is 0. The summed E-state index contributed by atoms with van der Waals surface area (Å²) < 4.78 is 32.4. The van der Waals surface area contributed by atoms with Gasteiger partial charge in [0.1, 0.15) is 5.75 Å². The third-order valence-electron chi connectivity index (χ3n) is 3.20. The number of hydrogen-bond acceptors (Lipinski definition) is 3. The van der Waals surface area contributed by atoms with Crippen LogP contribution in [-0.4, -0.2) is 22.1 Å². The molecule has 1 aromatic carbocycles. The van der Waals surface area contributed by atoms with Crippen molar-refractivity contribution in [3.05, 3.63) is 23.3 Å². The first-order valence-corrected chi connectivity index (χ1v) is 8.41. The number of methoxy groups -OCH3 is 1. The molecule has 0 atom stereocenters. The summed E-state index contributed by atoms with van der Waals surface area (Å²) in [6.07, 6.45) is 1.87. The fourth-order valence-corrected chi connectivity index (χ4v) is 3.43. The predicted octanol–water partition coefficient (Wildman–Crippen LogP) is 3.03. The number of sulfonamides is 1. The molecule has 0 aromatic heterocycles. The second-order valence-corrected chi connectivity index (χ2v) is 7.29. The number of benzene rings is 1. The molecule has 114 valence electrons. The molecule has 0 fully saturated rings. The molecule has 20 heavy (non-hydrogen) atoms. The van der Waals surface area contributed by atoms with Crippen LogP contribution in [0.25, 0.3) is 0 Å². The number of aryl methyl sites for hydroxylation is 2. The number of ether oxygens (including phenoxy) is 1. The van der Waals surface area contributed by atoms with E-state index in [0.29, 0.717) is 17.4 Å². The Morgan fingerprint density at radius 2 is 1.75 bits per heavy atom. The van der Waals surface area contributed by atoms with E-state index in [-0.39, 0.29) is 0 Å². The Bertz CT molecular complexity index is 527. The van der Waals surface area contributed by atoms with E-state index in [4.69, 9.17) is 4.74 Å². The Morgan fingerprint density at radius 3 is 2.20 bits per heavy atom. The molecule has 0 amide bonds. The second-order valence-electron chi connectivity index (χ2n) is 5.52. The topological polar surface area (TPSA) is 55.4 Å². The predicted molar refractivity (Wildman–Crippen MR) is 81.7 cm³/mol. The summed E-state index contributed by atoms with van der Waals surface area (Å²) in [6, 6.07) is 3.30. The molecule has 0 saturated heterocycles. The standard InChI is InChI=1S/C15H25NO3S/c1-11(2)7-6-8-16-20(17,18)14-9-12(3)15(19-5)13(4)10-14/h9-11,16H,6-8H2,1-5H3. The molecule has 0 spiro atoms. The summed E-state index contributed by atoms with van der Waals surface area (Å²) in [5.41, 5.74) is 1.66. The van der Waals surface area contributed by atoms with Crippen LogP contribution in [0.15, 0.2) is 17.0 Å². The highest BCUT2D eigenvalue weighted by Gasteiger charge is 2.16. The third kappa shape index (κ3) is 4.49. The van der Waals surface area contributed by atoms with E-state index >= 15 is 0 Å². The van der Waals surface area contributed by atoms with E-state index in [1.807, 2.05) is 13.8 Å². The molecule has 5 heteroatoms. The highest BCUT2D eigenvalue weighted by atomic mass is 32.2. The lowest BCUT2D eigenvalue weighted by Crippen LogP contribution is -2.25. The van der Waals surface area contributed by atoms with Gasteiger partial charge >= 0.3 is 0 Å². The Hall–Kier alpha value is -1.07. The van der Waals surface area contributed by atoms with Gasteiger partial charge in [0.25, 0.3) is 0 Å². The monoisotopic (exact) mass is 299 g/mol. The Balaban J connectivity index is 2.83. The number of nitrogens with one attached hydrogen (secondary N) is 1. The molecule has 1 N–H and O–H groups in total. The summed E-state index contributed by atoms with van der Waals surface area (Å²) in [7, 11) is -1.84. The van der Waals surface area contributed by atoms with Crippen molar-refractivity contribution in [3.8, 4) is 5.75 Å². The van der Waals surface area contributed by atoms with Crippen molar-refractivity contribution in [2.75, 3.05) is 13.7 Å². The van der Waals surface area contributed by atoms with E-state index in [9.17, 15) is 8.42 Å². The maximum absolute atomic E-state index is 12.2. The van der Waals surface area contributed by atoms with Crippen molar-refractivity contribution in [2.24, 2.45) is 5.92 Å². The molecule has 0 saturated carbocycles. The van der Waals surface area contributed by atoms with Crippen molar-refractivity contribution in [2.45, 2.75) is 45.4 Å². The molecule has 4 nitrogen and oxygen atoms in total. The first-order chi connectivity index (χ1) is 9.27. The molecule has 0 aliphatic rings. The van der Waals surface area contributed by atoms with E-state index < -0.39 is 10.0 Å². The van der Waals surface area contributed by atoms with E-state index in [1.54, 1.807) is 19.2 Å². The van der Waals surface area contributed by atoms with Gasteiger partial charge in [-0.3, -0.25) is 0 Å².